The summed E-state index contributed by atoms with van der Waals surface area (Å²) < 4.78 is 35.6. The summed E-state index contributed by atoms with van der Waals surface area (Å²) in [7, 11) is -4.18. The Morgan fingerprint density at radius 3 is 2.18 bits per heavy atom. The summed E-state index contributed by atoms with van der Waals surface area (Å²) in [4.78, 5) is 7.49. The van der Waals surface area contributed by atoms with Crippen molar-refractivity contribution in [3.05, 3.63) is 42.7 Å². The van der Waals surface area contributed by atoms with Crippen molar-refractivity contribution < 1.29 is 17.7 Å². The molecule has 1 N–H and O–H groups in total. The SMILES string of the molecule is O=S(=O)(O)c1ccc(Oc2ncccn2)cc1. The van der Waals surface area contributed by atoms with Gasteiger partial charge in [-0.05, 0) is 30.3 Å². The Hall–Kier alpha value is -1.99. The number of nitrogens with zero attached hydrogens (tertiary/aromatic N) is 2. The van der Waals surface area contributed by atoms with Crippen LogP contribution in [0.25, 0.3) is 0 Å². The van der Waals surface area contributed by atoms with Crippen molar-refractivity contribution >= 4 is 10.1 Å². The van der Waals surface area contributed by atoms with E-state index in [-0.39, 0.29) is 10.9 Å². The molecule has 6 nitrogen and oxygen atoms in total. The maximum Gasteiger partial charge on any atom is 0.321 e. The van der Waals surface area contributed by atoms with Gasteiger partial charge in [0.2, 0.25) is 0 Å². The topological polar surface area (TPSA) is 89.4 Å². The van der Waals surface area contributed by atoms with E-state index in [0.29, 0.717) is 5.75 Å². The summed E-state index contributed by atoms with van der Waals surface area (Å²) in [5, 5.41) is 0. The molecule has 1 aromatic heterocycles. The van der Waals surface area contributed by atoms with Crippen LogP contribution in [0, 0.1) is 0 Å². The molecule has 0 aliphatic carbocycles. The van der Waals surface area contributed by atoms with Gasteiger partial charge in [-0.1, -0.05) is 0 Å². The van der Waals surface area contributed by atoms with Crippen molar-refractivity contribution in [2.24, 2.45) is 0 Å². The molecule has 0 aliphatic heterocycles. The van der Waals surface area contributed by atoms with Crippen molar-refractivity contribution in [3.63, 3.8) is 0 Å². The highest BCUT2D eigenvalue weighted by Crippen LogP contribution is 2.19. The van der Waals surface area contributed by atoms with E-state index in [1.165, 1.54) is 36.7 Å². The Labute approximate surface area is 97.7 Å². The second-order valence-corrected chi connectivity index (χ2v) is 4.50. The normalized spacial score (nSPS) is 11.1. The molecular weight excluding hydrogens is 244 g/mol. The maximum absolute atomic E-state index is 10.8. The average Bonchev–Trinajstić information content (AvgIpc) is 2.30. The van der Waals surface area contributed by atoms with Crippen molar-refractivity contribution in [2.75, 3.05) is 0 Å². The highest BCUT2D eigenvalue weighted by molar-refractivity contribution is 7.85. The first kappa shape index (κ1) is 11.5. The highest BCUT2D eigenvalue weighted by Gasteiger charge is 2.09. The minimum atomic E-state index is -4.18. The molecule has 1 aromatic carbocycles. The van der Waals surface area contributed by atoms with E-state index >= 15 is 0 Å². The van der Waals surface area contributed by atoms with E-state index in [9.17, 15) is 8.42 Å². The fourth-order valence-corrected chi connectivity index (χ4v) is 1.60. The standard InChI is InChI=1S/C10H8N2O4S/c13-17(14,15)9-4-2-8(3-5-9)16-10-11-6-1-7-12-10/h1-7H,(H,13,14,15). The molecule has 0 amide bonds. The average molecular weight is 252 g/mol. The lowest BCUT2D eigenvalue weighted by molar-refractivity contribution is 0.441. The van der Waals surface area contributed by atoms with E-state index in [2.05, 4.69) is 9.97 Å². The Kier molecular flexibility index (Phi) is 3.03. The molecule has 2 rings (SSSR count). The Morgan fingerprint density at radius 1 is 1.06 bits per heavy atom. The van der Waals surface area contributed by atoms with Gasteiger partial charge in [-0.3, -0.25) is 4.55 Å². The van der Waals surface area contributed by atoms with Crippen molar-refractivity contribution in [2.45, 2.75) is 4.90 Å². The van der Waals surface area contributed by atoms with Gasteiger partial charge in [0, 0.05) is 12.4 Å². The largest absolute Gasteiger partial charge is 0.424 e. The smallest absolute Gasteiger partial charge is 0.321 e. The fourth-order valence-electron chi connectivity index (χ4n) is 1.12. The van der Waals surface area contributed by atoms with Crippen molar-refractivity contribution in [1.29, 1.82) is 0 Å². The Morgan fingerprint density at radius 2 is 1.65 bits per heavy atom. The number of ether oxygens (including phenoxy) is 1. The van der Waals surface area contributed by atoms with Gasteiger partial charge in [0.1, 0.15) is 5.75 Å². The Balaban J connectivity index is 2.20. The molecule has 17 heavy (non-hydrogen) atoms. The number of hydrogen-bond donors (Lipinski definition) is 1. The lowest BCUT2D eigenvalue weighted by Gasteiger charge is -2.03. The van der Waals surface area contributed by atoms with E-state index in [1.54, 1.807) is 6.07 Å². The second-order valence-electron chi connectivity index (χ2n) is 3.08. The van der Waals surface area contributed by atoms with Crippen molar-refractivity contribution in [3.8, 4) is 11.8 Å². The van der Waals surface area contributed by atoms with Gasteiger partial charge in [-0.2, -0.15) is 8.42 Å². The minimum Gasteiger partial charge on any atom is -0.424 e. The summed E-state index contributed by atoms with van der Waals surface area (Å²) in [6.07, 6.45) is 3.05. The summed E-state index contributed by atoms with van der Waals surface area (Å²) in [5.41, 5.74) is 0. The molecule has 0 aliphatic rings. The van der Waals surface area contributed by atoms with Gasteiger partial charge in [-0.25, -0.2) is 9.97 Å². The Bertz CT molecular complexity index is 596. The van der Waals surface area contributed by atoms with Crippen LogP contribution in [-0.2, 0) is 10.1 Å². The van der Waals surface area contributed by atoms with Gasteiger partial charge >= 0.3 is 6.01 Å². The lowest BCUT2D eigenvalue weighted by Crippen LogP contribution is -1.97. The third-order valence-electron chi connectivity index (χ3n) is 1.87. The quantitative estimate of drug-likeness (QED) is 0.833. The molecule has 7 heteroatoms. The molecule has 0 saturated carbocycles. The molecule has 0 saturated heterocycles. The number of aromatic nitrogens is 2. The predicted molar refractivity (Wildman–Crippen MR) is 58.4 cm³/mol. The van der Waals surface area contributed by atoms with E-state index in [1.807, 2.05) is 0 Å². The van der Waals surface area contributed by atoms with Crippen LogP contribution in [0.1, 0.15) is 0 Å². The van der Waals surface area contributed by atoms with Crippen LogP contribution in [0.3, 0.4) is 0 Å². The summed E-state index contributed by atoms with van der Waals surface area (Å²) in [6.45, 7) is 0. The van der Waals surface area contributed by atoms with Crippen LogP contribution >= 0.6 is 0 Å². The molecule has 1 heterocycles. The van der Waals surface area contributed by atoms with Crippen molar-refractivity contribution in [1.82, 2.24) is 9.97 Å². The van der Waals surface area contributed by atoms with Crippen LogP contribution in [0.4, 0.5) is 0 Å². The van der Waals surface area contributed by atoms with Gasteiger partial charge in [0.05, 0.1) is 4.90 Å². The summed E-state index contributed by atoms with van der Waals surface area (Å²) in [5.74, 6) is 0.378. The first-order valence-corrected chi connectivity index (χ1v) is 6.02. The van der Waals surface area contributed by atoms with Gasteiger partial charge in [0.25, 0.3) is 10.1 Å². The van der Waals surface area contributed by atoms with Crippen LogP contribution in [0.5, 0.6) is 11.8 Å². The zero-order chi connectivity index (χ0) is 12.3. The van der Waals surface area contributed by atoms with E-state index < -0.39 is 10.1 Å². The third kappa shape index (κ3) is 2.99. The van der Waals surface area contributed by atoms with Crippen LogP contribution in [0.15, 0.2) is 47.6 Å². The third-order valence-corrected chi connectivity index (χ3v) is 2.74. The molecule has 0 atom stereocenters. The molecule has 0 unspecified atom stereocenters. The molecule has 2 aromatic rings. The zero-order valence-corrected chi connectivity index (χ0v) is 9.33. The van der Waals surface area contributed by atoms with Crippen LogP contribution in [-0.4, -0.2) is 22.9 Å². The van der Waals surface area contributed by atoms with Crippen LogP contribution < -0.4 is 4.74 Å². The number of rotatable bonds is 3. The first-order chi connectivity index (χ1) is 8.05. The summed E-state index contributed by atoms with van der Waals surface area (Å²) >= 11 is 0. The number of benzene rings is 1. The second kappa shape index (κ2) is 4.48. The zero-order valence-electron chi connectivity index (χ0n) is 8.52. The predicted octanol–water partition coefficient (Wildman–Crippen LogP) is 1.52. The molecule has 0 bridgehead atoms. The monoisotopic (exact) mass is 252 g/mol. The van der Waals surface area contributed by atoms with E-state index in [0.717, 1.165) is 0 Å². The highest BCUT2D eigenvalue weighted by atomic mass is 32.2. The van der Waals surface area contributed by atoms with Gasteiger partial charge in [-0.15, -0.1) is 0 Å². The fraction of sp³-hybridized carbons (Fsp3) is 0. The summed E-state index contributed by atoms with van der Waals surface area (Å²) in [6, 6.07) is 7.07. The van der Waals surface area contributed by atoms with Gasteiger partial charge < -0.3 is 4.74 Å². The van der Waals surface area contributed by atoms with Crippen LogP contribution in [0.2, 0.25) is 0 Å². The molecule has 0 radical (unpaired) electrons. The molecular formula is C10H8N2O4S. The molecule has 0 spiro atoms. The first-order valence-electron chi connectivity index (χ1n) is 4.58. The molecule has 88 valence electrons. The maximum atomic E-state index is 10.8. The molecule has 0 fully saturated rings. The number of hydrogen-bond acceptors (Lipinski definition) is 5. The minimum absolute atomic E-state index is 0.159. The lowest BCUT2D eigenvalue weighted by atomic mass is 10.3. The van der Waals surface area contributed by atoms with Gasteiger partial charge in [0.15, 0.2) is 0 Å². The van der Waals surface area contributed by atoms with E-state index in [4.69, 9.17) is 9.29 Å².